The van der Waals surface area contributed by atoms with E-state index in [1.165, 1.54) is 0 Å². The number of aliphatic carboxylic acids is 1. The van der Waals surface area contributed by atoms with E-state index in [0.717, 1.165) is 37.2 Å². The van der Waals surface area contributed by atoms with Gasteiger partial charge in [-0.25, -0.2) is 9.78 Å². The number of halogens is 3. The molecule has 1 fully saturated rings. The van der Waals surface area contributed by atoms with E-state index >= 15 is 0 Å². The number of carboxylic acids is 1. The van der Waals surface area contributed by atoms with Crippen molar-refractivity contribution >= 4 is 17.6 Å². The first-order valence-corrected chi connectivity index (χ1v) is 10.7. The summed E-state index contributed by atoms with van der Waals surface area (Å²) in [7, 11) is 0. The summed E-state index contributed by atoms with van der Waals surface area (Å²) in [5.74, 6) is -1.32. The number of carbonyl (C=O) groups excluding carboxylic acids is 1. The van der Waals surface area contributed by atoms with Crippen molar-refractivity contribution < 1.29 is 37.0 Å². The van der Waals surface area contributed by atoms with Crippen LogP contribution in [0.5, 0.6) is 5.75 Å². The van der Waals surface area contributed by atoms with Crippen molar-refractivity contribution in [3.8, 4) is 17.1 Å². The van der Waals surface area contributed by atoms with Crippen molar-refractivity contribution in [1.29, 1.82) is 0 Å². The van der Waals surface area contributed by atoms with E-state index in [9.17, 15) is 18.0 Å². The van der Waals surface area contributed by atoms with Gasteiger partial charge in [-0.1, -0.05) is 30.3 Å². The number of amides is 1. The smallest absolute Gasteiger partial charge is 0.490 e. The molecule has 0 aliphatic carbocycles. The SMILES string of the molecule is Cc1nc(C(=O)Nc2ccc(OC3CCNCC3)cc2)c(-c2ccccc2)o1.O=C(O)C(F)(F)F. The van der Waals surface area contributed by atoms with Gasteiger partial charge in [0.15, 0.2) is 17.3 Å². The molecule has 3 aromatic rings. The molecule has 0 unspecified atom stereocenters. The first-order valence-electron chi connectivity index (χ1n) is 10.7. The first kappa shape index (κ1) is 25.8. The highest BCUT2D eigenvalue weighted by molar-refractivity contribution is 6.06. The maximum Gasteiger partial charge on any atom is 0.490 e. The Labute approximate surface area is 199 Å². The Balaban J connectivity index is 0.000000429. The zero-order valence-corrected chi connectivity index (χ0v) is 18.8. The quantitative estimate of drug-likeness (QED) is 0.475. The van der Waals surface area contributed by atoms with E-state index in [4.69, 9.17) is 19.1 Å². The summed E-state index contributed by atoms with van der Waals surface area (Å²) in [5.41, 5.74) is 1.78. The van der Waals surface area contributed by atoms with Crippen molar-refractivity contribution in [3.05, 3.63) is 66.2 Å². The number of benzene rings is 2. The predicted octanol–water partition coefficient (Wildman–Crippen LogP) is 4.67. The molecule has 1 aliphatic rings. The summed E-state index contributed by atoms with van der Waals surface area (Å²) in [6.45, 7) is 3.70. The number of nitrogens with one attached hydrogen (secondary N) is 2. The van der Waals surface area contributed by atoms with E-state index in [0.29, 0.717) is 17.3 Å². The number of piperidine rings is 1. The molecule has 0 radical (unpaired) electrons. The van der Waals surface area contributed by atoms with Crippen molar-refractivity contribution in [2.45, 2.75) is 32.0 Å². The van der Waals surface area contributed by atoms with Crippen LogP contribution in [0.15, 0.2) is 59.0 Å². The molecule has 2 aromatic carbocycles. The van der Waals surface area contributed by atoms with Crippen molar-refractivity contribution in [3.63, 3.8) is 0 Å². The van der Waals surface area contributed by atoms with Gasteiger partial charge < -0.3 is 24.9 Å². The fourth-order valence-corrected chi connectivity index (χ4v) is 3.28. The molecule has 1 aliphatic heterocycles. The van der Waals surface area contributed by atoms with Gasteiger partial charge in [-0.05, 0) is 50.2 Å². The van der Waals surface area contributed by atoms with Crippen molar-refractivity contribution in [2.75, 3.05) is 18.4 Å². The number of aromatic nitrogens is 1. The molecule has 1 aromatic heterocycles. The minimum absolute atomic E-state index is 0.244. The molecule has 1 amide bonds. The van der Waals surface area contributed by atoms with Crippen LogP contribution in [0.25, 0.3) is 11.3 Å². The number of oxazole rings is 1. The number of alkyl halides is 3. The highest BCUT2D eigenvalue weighted by atomic mass is 19.4. The van der Waals surface area contributed by atoms with Gasteiger partial charge in [0.05, 0.1) is 0 Å². The number of rotatable bonds is 5. The van der Waals surface area contributed by atoms with Gasteiger partial charge in [-0.3, -0.25) is 4.79 Å². The number of anilines is 1. The lowest BCUT2D eigenvalue weighted by molar-refractivity contribution is -0.192. The molecule has 4 rings (SSSR count). The Morgan fingerprint density at radius 3 is 2.26 bits per heavy atom. The number of hydrogen-bond donors (Lipinski definition) is 3. The van der Waals surface area contributed by atoms with E-state index in [1.807, 2.05) is 54.6 Å². The summed E-state index contributed by atoms with van der Waals surface area (Å²) < 4.78 is 43.4. The third-order valence-corrected chi connectivity index (χ3v) is 4.93. The van der Waals surface area contributed by atoms with E-state index in [1.54, 1.807) is 6.92 Å². The summed E-state index contributed by atoms with van der Waals surface area (Å²) in [6.07, 6.45) is -2.83. The minimum atomic E-state index is -5.08. The normalized spacial score (nSPS) is 13.9. The number of nitrogens with zero attached hydrogens (tertiary/aromatic N) is 1. The van der Waals surface area contributed by atoms with Gasteiger partial charge in [-0.2, -0.15) is 13.2 Å². The van der Waals surface area contributed by atoms with Gasteiger partial charge in [-0.15, -0.1) is 0 Å². The lowest BCUT2D eigenvalue weighted by Crippen LogP contribution is -2.34. The molecule has 1 saturated heterocycles. The maximum atomic E-state index is 12.8. The summed E-state index contributed by atoms with van der Waals surface area (Å²) in [6, 6.07) is 16.9. The number of aryl methyl sites for hydroxylation is 1. The van der Waals surface area contributed by atoms with E-state index in [2.05, 4.69) is 15.6 Å². The number of carbonyl (C=O) groups is 2. The molecular weight excluding hydrogens is 467 g/mol. The van der Waals surface area contributed by atoms with Crippen molar-refractivity contribution in [2.24, 2.45) is 0 Å². The second-order valence-corrected chi connectivity index (χ2v) is 7.63. The molecule has 8 nitrogen and oxygen atoms in total. The van der Waals surface area contributed by atoms with Gasteiger partial charge in [0.25, 0.3) is 5.91 Å². The first-order chi connectivity index (χ1) is 16.6. The topological polar surface area (TPSA) is 114 Å². The second kappa shape index (κ2) is 11.5. The summed E-state index contributed by atoms with van der Waals surface area (Å²) in [5, 5.41) is 13.3. The monoisotopic (exact) mass is 491 g/mol. The Morgan fingerprint density at radius 1 is 1.09 bits per heavy atom. The third-order valence-electron chi connectivity index (χ3n) is 4.93. The van der Waals surface area contributed by atoms with Crippen LogP contribution in [0.1, 0.15) is 29.2 Å². The second-order valence-electron chi connectivity index (χ2n) is 7.63. The standard InChI is InChI=1S/C22H23N3O3.C2HF3O2/c1-15-24-20(21(27-15)16-5-3-2-4-6-16)22(26)25-17-7-9-18(10-8-17)28-19-11-13-23-14-12-19;3-2(4,5)1(6)7/h2-10,19,23H,11-14H2,1H3,(H,25,26);(H,6,7). The number of carboxylic acid groups (broad SMARTS) is 1. The number of ether oxygens (including phenoxy) is 1. The number of hydrogen-bond acceptors (Lipinski definition) is 6. The highest BCUT2D eigenvalue weighted by Crippen LogP contribution is 2.26. The molecular formula is C24H24F3N3O5. The molecule has 0 bridgehead atoms. The van der Waals surface area contributed by atoms with E-state index < -0.39 is 12.1 Å². The molecule has 186 valence electrons. The van der Waals surface area contributed by atoms with Gasteiger partial charge in [0.2, 0.25) is 0 Å². The molecule has 0 atom stereocenters. The Kier molecular flexibility index (Phi) is 8.48. The van der Waals surface area contributed by atoms with Crippen LogP contribution in [0, 0.1) is 6.92 Å². The fraction of sp³-hybridized carbons (Fsp3) is 0.292. The van der Waals surface area contributed by atoms with Crippen LogP contribution in [-0.4, -0.2) is 47.3 Å². The van der Waals surface area contributed by atoms with Crippen LogP contribution in [0.3, 0.4) is 0 Å². The zero-order valence-electron chi connectivity index (χ0n) is 18.8. The Morgan fingerprint density at radius 2 is 1.69 bits per heavy atom. The van der Waals surface area contributed by atoms with Crippen LogP contribution in [-0.2, 0) is 4.79 Å². The van der Waals surface area contributed by atoms with Crippen LogP contribution >= 0.6 is 0 Å². The molecule has 0 saturated carbocycles. The molecule has 35 heavy (non-hydrogen) atoms. The van der Waals surface area contributed by atoms with Gasteiger partial charge in [0.1, 0.15) is 11.9 Å². The zero-order chi connectivity index (χ0) is 25.4. The molecule has 11 heteroatoms. The average molecular weight is 491 g/mol. The van der Waals surface area contributed by atoms with E-state index in [-0.39, 0.29) is 17.7 Å². The maximum absolute atomic E-state index is 12.8. The lowest BCUT2D eigenvalue weighted by Gasteiger charge is -2.23. The predicted molar refractivity (Wildman–Crippen MR) is 121 cm³/mol. The largest absolute Gasteiger partial charge is 0.490 e. The van der Waals surface area contributed by atoms with Crippen LogP contribution in [0.4, 0.5) is 18.9 Å². The van der Waals surface area contributed by atoms with Crippen LogP contribution < -0.4 is 15.4 Å². The average Bonchev–Trinajstić information content (AvgIpc) is 3.23. The van der Waals surface area contributed by atoms with Crippen LogP contribution in [0.2, 0.25) is 0 Å². The fourth-order valence-electron chi connectivity index (χ4n) is 3.28. The molecule has 2 heterocycles. The van der Waals surface area contributed by atoms with Crippen molar-refractivity contribution in [1.82, 2.24) is 10.3 Å². The lowest BCUT2D eigenvalue weighted by atomic mass is 10.1. The summed E-state index contributed by atoms with van der Waals surface area (Å²) >= 11 is 0. The Bertz CT molecular complexity index is 1130. The van der Waals surface area contributed by atoms with Gasteiger partial charge in [0, 0.05) is 18.2 Å². The van der Waals surface area contributed by atoms with Gasteiger partial charge >= 0.3 is 12.1 Å². The molecule has 3 N–H and O–H groups in total. The Hall–Kier alpha value is -3.86. The minimum Gasteiger partial charge on any atom is -0.490 e. The molecule has 0 spiro atoms. The highest BCUT2D eigenvalue weighted by Gasteiger charge is 2.38. The third kappa shape index (κ3) is 7.57. The summed E-state index contributed by atoms with van der Waals surface area (Å²) in [4.78, 5) is 25.9.